The van der Waals surface area contributed by atoms with E-state index in [-0.39, 0.29) is 41.2 Å². The second-order valence-electron chi connectivity index (χ2n) is 12.6. The lowest BCUT2D eigenvalue weighted by atomic mass is 10.2. The Kier molecular flexibility index (Phi) is 14.2. The second kappa shape index (κ2) is 17.3. The van der Waals surface area contributed by atoms with Gasteiger partial charge in [0, 0.05) is 56.6 Å². The molecule has 4 rings (SSSR count). The van der Waals surface area contributed by atoms with Crippen LogP contribution in [0.4, 0.5) is 9.59 Å². The Morgan fingerprint density at radius 2 is 1.43 bits per heavy atom. The van der Waals surface area contributed by atoms with Crippen molar-refractivity contribution >= 4 is 24.1 Å². The Morgan fingerprint density at radius 1 is 0.851 bits per heavy atom. The Labute approximate surface area is 274 Å². The third-order valence-corrected chi connectivity index (χ3v) is 6.22. The van der Waals surface area contributed by atoms with Gasteiger partial charge in [-0.3, -0.25) is 4.79 Å². The van der Waals surface area contributed by atoms with Crippen molar-refractivity contribution in [1.29, 1.82) is 0 Å². The van der Waals surface area contributed by atoms with Crippen molar-refractivity contribution in [3.63, 3.8) is 0 Å². The molecule has 0 aliphatic carbocycles. The SMILES string of the molecule is CC(C)(C)OC(=O)N1CC[C@@H](O)C1.COC(=O)c1cc(=O)cc[nH]1.COC(=O)c1cc(O[C@H]2CCN(C(=O)OC(C)(C)C)C2)ccn1. The maximum absolute atomic E-state index is 12.0. The number of esters is 2. The van der Waals surface area contributed by atoms with Crippen molar-refractivity contribution in [1.82, 2.24) is 19.8 Å². The summed E-state index contributed by atoms with van der Waals surface area (Å²) in [6.07, 6.45) is 3.05. The van der Waals surface area contributed by atoms with Gasteiger partial charge in [0.05, 0.1) is 26.9 Å². The Morgan fingerprint density at radius 3 is 1.94 bits per heavy atom. The number of ether oxygens (including phenoxy) is 5. The van der Waals surface area contributed by atoms with Crippen LogP contribution in [0.15, 0.2) is 41.5 Å². The van der Waals surface area contributed by atoms with Gasteiger partial charge in [0.2, 0.25) is 0 Å². The fraction of sp³-hybridized carbons (Fsp3) is 0.562. The molecule has 2 amide bonds. The highest BCUT2D eigenvalue weighted by Gasteiger charge is 2.31. The van der Waals surface area contributed by atoms with Crippen LogP contribution in [-0.2, 0) is 18.9 Å². The summed E-state index contributed by atoms with van der Waals surface area (Å²) >= 11 is 0. The van der Waals surface area contributed by atoms with Gasteiger partial charge in [0.1, 0.15) is 28.7 Å². The van der Waals surface area contributed by atoms with E-state index in [9.17, 15) is 29.1 Å². The minimum absolute atomic E-state index is 0.143. The van der Waals surface area contributed by atoms with E-state index in [2.05, 4.69) is 19.4 Å². The summed E-state index contributed by atoms with van der Waals surface area (Å²) in [5.74, 6) is -0.531. The molecule has 2 atom stereocenters. The van der Waals surface area contributed by atoms with Gasteiger partial charge in [0.15, 0.2) is 11.1 Å². The first-order valence-electron chi connectivity index (χ1n) is 15.0. The Hall–Kier alpha value is -4.66. The van der Waals surface area contributed by atoms with Crippen molar-refractivity contribution in [2.45, 2.75) is 77.8 Å². The molecule has 2 aromatic heterocycles. The van der Waals surface area contributed by atoms with Gasteiger partial charge in [-0.05, 0) is 54.0 Å². The van der Waals surface area contributed by atoms with Crippen LogP contribution in [0.3, 0.4) is 0 Å². The summed E-state index contributed by atoms with van der Waals surface area (Å²) in [4.78, 5) is 66.0. The highest BCUT2D eigenvalue weighted by molar-refractivity contribution is 5.87. The van der Waals surface area contributed by atoms with Crippen molar-refractivity contribution in [3.05, 3.63) is 58.3 Å². The van der Waals surface area contributed by atoms with Crippen LogP contribution in [-0.4, -0.2) is 113 Å². The summed E-state index contributed by atoms with van der Waals surface area (Å²) in [7, 11) is 2.56. The van der Waals surface area contributed by atoms with Gasteiger partial charge >= 0.3 is 24.1 Å². The number of aliphatic hydroxyl groups excluding tert-OH is 1. The molecule has 2 aliphatic heterocycles. The van der Waals surface area contributed by atoms with E-state index in [1.807, 2.05) is 41.5 Å². The first-order chi connectivity index (χ1) is 21.9. The standard InChI is InChI=1S/C16H22N2O5.C9H17NO3.C7H7NO3/c1-16(2,3)23-15(20)18-8-6-12(10-18)22-11-5-7-17-13(9-11)14(19)21-4;1-9(2,3)13-8(12)10-5-4-7(11)6-10;1-11-7(10)6-4-5(9)2-3-8-6/h5,7,9,12H,6,8,10H2,1-4H3;7,11H,4-6H2,1-3H3;2-4H,1H3,(H,8,9)/t12-;7-;/m01./s1. The number of aromatic amines is 1. The average Bonchev–Trinajstić information content (AvgIpc) is 3.65. The van der Waals surface area contributed by atoms with Crippen LogP contribution in [0.25, 0.3) is 0 Å². The van der Waals surface area contributed by atoms with Crippen LogP contribution < -0.4 is 10.2 Å². The lowest BCUT2D eigenvalue weighted by molar-refractivity contribution is 0.0263. The van der Waals surface area contributed by atoms with Crippen molar-refractivity contribution in [2.75, 3.05) is 40.4 Å². The minimum atomic E-state index is -0.539. The largest absolute Gasteiger partial charge is 0.488 e. The Bertz CT molecular complexity index is 1410. The number of likely N-dealkylation sites (tertiary alicyclic amines) is 2. The lowest BCUT2D eigenvalue weighted by Crippen LogP contribution is -2.36. The molecule has 2 N–H and O–H groups in total. The van der Waals surface area contributed by atoms with Crippen molar-refractivity contribution < 1.29 is 48.0 Å². The van der Waals surface area contributed by atoms with Gasteiger partial charge < -0.3 is 43.6 Å². The molecular weight excluding hydrogens is 616 g/mol. The quantitative estimate of drug-likeness (QED) is 0.359. The predicted octanol–water partition coefficient (Wildman–Crippen LogP) is 3.41. The molecule has 47 heavy (non-hydrogen) atoms. The molecule has 2 fully saturated rings. The maximum atomic E-state index is 12.0. The molecule has 0 aromatic carbocycles. The van der Waals surface area contributed by atoms with Crippen molar-refractivity contribution in [3.8, 4) is 5.75 Å². The number of β-amino-alcohol motifs (C(OH)–C–C–N with tert-alkyl or cyclic N) is 1. The van der Waals surface area contributed by atoms with Crippen LogP contribution in [0.5, 0.6) is 5.75 Å². The van der Waals surface area contributed by atoms with E-state index in [0.29, 0.717) is 44.8 Å². The topological polar surface area (TPSA) is 187 Å². The summed E-state index contributed by atoms with van der Waals surface area (Å²) in [5.41, 5.74) is -0.836. The molecule has 4 heterocycles. The van der Waals surface area contributed by atoms with Crippen LogP contribution in [0.1, 0.15) is 75.4 Å². The molecule has 0 saturated carbocycles. The zero-order valence-corrected chi connectivity index (χ0v) is 28.2. The number of rotatable bonds is 4. The number of nitrogens with one attached hydrogen (secondary N) is 1. The minimum Gasteiger partial charge on any atom is -0.488 e. The fourth-order valence-electron chi connectivity index (χ4n) is 4.12. The second-order valence-corrected chi connectivity index (χ2v) is 12.6. The molecule has 15 heteroatoms. The molecule has 0 bridgehead atoms. The number of hydrogen-bond acceptors (Lipinski definition) is 12. The first-order valence-corrected chi connectivity index (χ1v) is 15.0. The first kappa shape index (κ1) is 38.5. The predicted molar refractivity (Wildman–Crippen MR) is 169 cm³/mol. The van der Waals surface area contributed by atoms with E-state index in [1.165, 1.54) is 49.7 Å². The summed E-state index contributed by atoms with van der Waals surface area (Å²) < 4.78 is 25.3. The summed E-state index contributed by atoms with van der Waals surface area (Å²) in [6.45, 7) is 13.0. The van der Waals surface area contributed by atoms with Crippen LogP contribution >= 0.6 is 0 Å². The fourth-order valence-corrected chi connectivity index (χ4v) is 4.12. The van der Waals surface area contributed by atoms with Gasteiger partial charge in [-0.25, -0.2) is 24.2 Å². The summed E-state index contributed by atoms with van der Waals surface area (Å²) in [6, 6.07) is 5.71. The number of aliphatic hydroxyl groups is 1. The molecule has 0 radical (unpaired) electrons. The highest BCUT2D eigenvalue weighted by atomic mass is 16.6. The monoisotopic (exact) mass is 662 g/mol. The molecule has 260 valence electrons. The summed E-state index contributed by atoms with van der Waals surface area (Å²) in [5, 5.41) is 9.20. The van der Waals surface area contributed by atoms with Crippen LogP contribution in [0, 0.1) is 0 Å². The molecule has 2 aromatic rings. The highest BCUT2D eigenvalue weighted by Crippen LogP contribution is 2.21. The number of H-pyrrole nitrogens is 1. The number of carbonyl (C=O) groups is 4. The Balaban J connectivity index is 0.000000270. The van der Waals surface area contributed by atoms with E-state index >= 15 is 0 Å². The zero-order valence-electron chi connectivity index (χ0n) is 28.2. The third-order valence-electron chi connectivity index (χ3n) is 6.22. The maximum Gasteiger partial charge on any atom is 0.410 e. The van der Waals surface area contributed by atoms with Gasteiger partial charge in [0.25, 0.3) is 0 Å². The molecule has 0 spiro atoms. The van der Waals surface area contributed by atoms with E-state index in [0.717, 1.165) is 0 Å². The number of amides is 2. The molecule has 0 unspecified atom stereocenters. The number of methoxy groups -OCH3 is 2. The number of hydrogen-bond donors (Lipinski definition) is 2. The average molecular weight is 663 g/mol. The molecule has 15 nitrogen and oxygen atoms in total. The van der Waals surface area contributed by atoms with E-state index in [1.54, 1.807) is 11.0 Å². The molecule has 2 saturated heterocycles. The number of aromatic nitrogens is 2. The molecule has 2 aliphatic rings. The third kappa shape index (κ3) is 14.1. The van der Waals surface area contributed by atoms with Crippen molar-refractivity contribution in [2.24, 2.45) is 0 Å². The van der Waals surface area contributed by atoms with Crippen LogP contribution in [0.2, 0.25) is 0 Å². The number of carbonyl (C=O) groups excluding carboxylic acids is 4. The van der Waals surface area contributed by atoms with Gasteiger partial charge in [-0.1, -0.05) is 0 Å². The van der Waals surface area contributed by atoms with E-state index in [4.69, 9.17) is 14.2 Å². The van der Waals surface area contributed by atoms with E-state index < -0.39 is 23.1 Å². The lowest BCUT2D eigenvalue weighted by Gasteiger charge is -2.24. The normalized spacial score (nSPS) is 17.3. The molecular formula is C32H46N4O11. The zero-order chi connectivity index (χ0) is 35.4. The number of pyridine rings is 2. The van der Waals surface area contributed by atoms with Gasteiger partial charge in [-0.2, -0.15) is 0 Å². The van der Waals surface area contributed by atoms with Gasteiger partial charge in [-0.15, -0.1) is 0 Å². The number of nitrogens with zero attached hydrogens (tertiary/aromatic N) is 3. The smallest absolute Gasteiger partial charge is 0.410 e.